The van der Waals surface area contributed by atoms with Crippen molar-refractivity contribution in [2.45, 2.75) is 56.9 Å². The summed E-state index contributed by atoms with van der Waals surface area (Å²) < 4.78 is 37.0. The molecule has 1 aliphatic carbocycles. The van der Waals surface area contributed by atoms with E-state index in [1.54, 1.807) is 6.07 Å². The summed E-state index contributed by atoms with van der Waals surface area (Å²) in [6, 6.07) is 20.0. The van der Waals surface area contributed by atoms with Crippen LogP contribution in [0.3, 0.4) is 0 Å². The van der Waals surface area contributed by atoms with Crippen molar-refractivity contribution in [3.63, 3.8) is 0 Å². The Hall–Kier alpha value is -5.72. The smallest absolute Gasteiger partial charge is 0.293 e. The number of aromatic nitrogens is 2. The van der Waals surface area contributed by atoms with Crippen LogP contribution in [0.1, 0.15) is 61.0 Å². The number of sulfonamides is 1. The Balaban J connectivity index is 0.925. The molecular weight excluding hydrogens is 904 g/mol. The van der Waals surface area contributed by atoms with Gasteiger partial charge in [0.05, 0.1) is 27.7 Å². The van der Waals surface area contributed by atoms with Crippen molar-refractivity contribution in [3.8, 4) is 5.88 Å². The number of allylic oxidation sites excluding steroid dienone is 1. The van der Waals surface area contributed by atoms with Crippen LogP contribution < -0.4 is 24.6 Å². The van der Waals surface area contributed by atoms with Crippen molar-refractivity contribution >= 4 is 72.6 Å². The number of likely N-dealkylation sites (N-methyl/N-ethyl adjacent to an activating group) is 1. The van der Waals surface area contributed by atoms with Gasteiger partial charge in [0.25, 0.3) is 21.6 Å². The summed E-state index contributed by atoms with van der Waals surface area (Å²) in [6.07, 6.45) is 6.05. The van der Waals surface area contributed by atoms with Crippen molar-refractivity contribution < 1.29 is 22.9 Å². The second kappa shape index (κ2) is 18.6. The number of carbonyl (C=O) groups excluding carboxylic acids is 1. The molecule has 4 aliphatic heterocycles. The van der Waals surface area contributed by atoms with Gasteiger partial charge in [-0.3, -0.25) is 24.7 Å². The number of carbonyl (C=O) groups is 1. The molecule has 3 aromatic carbocycles. The lowest BCUT2D eigenvalue weighted by Crippen LogP contribution is -2.47. The molecule has 68 heavy (non-hydrogen) atoms. The summed E-state index contributed by atoms with van der Waals surface area (Å²) in [4.78, 5) is 45.4. The second-order valence-electron chi connectivity index (χ2n) is 19.8. The van der Waals surface area contributed by atoms with Gasteiger partial charge in [0.2, 0.25) is 5.88 Å². The van der Waals surface area contributed by atoms with Crippen molar-refractivity contribution in [1.82, 2.24) is 29.4 Å². The van der Waals surface area contributed by atoms with Crippen LogP contribution in [0.25, 0.3) is 16.6 Å². The zero-order chi connectivity index (χ0) is 47.3. The van der Waals surface area contributed by atoms with Gasteiger partial charge in [0.1, 0.15) is 17.0 Å². The quantitative estimate of drug-likeness (QED) is 0.0877. The third-order valence-corrected chi connectivity index (χ3v) is 15.9. The molecule has 1 unspecified atom stereocenters. The first-order chi connectivity index (χ1) is 32.7. The Morgan fingerprint density at radius 2 is 1.72 bits per heavy atom. The number of anilines is 4. The van der Waals surface area contributed by atoms with E-state index in [0.717, 1.165) is 100 Å². The predicted molar refractivity (Wildman–Crippen MR) is 267 cm³/mol. The summed E-state index contributed by atoms with van der Waals surface area (Å²) in [5.41, 5.74) is 7.73. The van der Waals surface area contributed by atoms with Crippen LogP contribution in [-0.4, -0.2) is 136 Å². The maximum Gasteiger partial charge on any atom is 0.293 e. The molecule has 3 N–H and O–H groups in total. The molecule has 16 nitrogen and oxygen atoms in total. The van der Waals surface area contributed by atoms with E-state index in [1.807, 2.05) is 47.5 Å². The fourth-order valence-electron chi connectivity index (χ4n) is 10.5. The lowest BCUT2D eigenvalue weighted by Gasteiger charge is -2.39. The zero-order valence-electron chi connectivity index (χ0n) is 38.9. The molecule has 2 aromatic heterocycles. The highest BCUT2D eigenvalue weighted by molar-refractivity contribution is 7.90. The molecule has 2 fully saturated rings. The van der Waals surface area contributed by atoms with Crippen LogP contribution >= 0.6 is 11.6 Å². The molecule has 358 valence electrons. The van der Waals surface area contributed by atoms with Crippen LogP contribution in [0.15, 0.2) is 83.4 Å². The third-order valence-electron chi connectivity index (χ3n) is 14.4. The molecule has 0 radical (unpaired) electrons. The van der Waals surface area contributed by atoms with Crippen molar-refractivity contribution in [2.24, 2.45) is 5.41 Å². The van der Waals surface area contributed by atoms with Crippen LogP contribution in [0, 0.1) is 15.5 Å². The molecule has 10 rings (SSSR count). The van der Waals surface area contributed by atoms with Gasteiger partial charge >= 0.3 is 0 Å². The normalized spacial score (nSPS) is 20.4. The van der Waals surface area contributed by atoms with Gasteiger partial charge in [-0.15, -0.1) is 0 Å². The summed E-state index contributed by atoms with van der Waals surface area (Å²) in [6.45, 7) is 13.9. The number of benzene rings is 3. The lowest BCUT2D eigenvalue weighted by atomic mass is 9.72. The minimum absolute atomic E-state index is 0.124. The summed E-state index contributed by atoms with van der Waals surface area (Å²) in [5.74, 6) is -0.452. The van der Waals surface area contributed by atoms with Crippen LogP contribution in [0.5, 0.6) is 5.88 Å². The van der Waals surface area contributed by atoms with E-state index in [0.29, 0.717) is 66.7 Å². The van der Waals surface area contributed by atoms with E-state index >= 15 is 0 Å². The van der Waals surface area contributed by atoms with E-state index in [9.17, 15) is 23.3 Å². The highest BCUT2D eigenvalue weighted by atomic mass is 35.5. The maximum absolute atomic E-state index is 14.6. The van der Waals surface area contributed by atoms with Crippen molar-refractivity contribution in [2.75, 3.05) is 101 Å². The molecule has 18 heteroatoms. The minimum Gasteiger partial charge on any atom is -0.476 e. The Morgan fingerprint density at radius 1 is 0.956 bits per heavy atom. The largest absolute Gasteiger partial charge is 0.476 e. The second-order valence-corrected chi connectivity index (χ2v) is 21.9. The summed E-state index contributed by atoms with van der Waals surface area (Å²) in [7, 11) is -2.50. The average Bonchev–Trinajstić information content (AvgIpc) is 3.90. The van der Waals surface area contributed by atoms with Crippen molar-refractivity contribution in [3.05, 3.63) is 110 Å². The number of piperazine rings is 2. The number of hydrogen-bond donors (Lipinski definition) is 3. The number of H-pyrrole nitrogens is 1. The van der Waals surface area contributed by atoms with Gasteiger partial charge in [-0.1, -0.05) is 43.2 Å². The predicted octanol–water partition coefficient (Wildman–Crippen LogP) is 7.53. The first-order valence-electron chi connectivity index (χ1n) is 23.7. The number of amides is 1. The number of fused-ring (bicyclic) bond motifs is 3. The zero-order valence-corrected chi connectivity index (χ0v) is 40.5. The molecule has 1 amide bonds. The molecular formula is C50H59ClN10O6S. The van der Waals surface area contributed by atoms with E-state index in [4.69, 9.17) is 21.3 Å². The number of nitrogens with one attached hydrogen (secondary N) is 3. The average molecular weight is 964 g/mol. The molecule has 0 bridgehead atoms. The molecule has 0 saturated carbocycles. The van der Waals surface area contributed by atoms with Gasteiger partial charge in [-0.2, -0.15) is 4.98 Å². The SMILES string of the molecule is CN1CCN(CC2Cc3cc(S(=O)(=O)NC(=O)c4ccc(N5CCN(CC6=C(c7ccc(Cl)cc7)CC(C)(C)CC6)CC5)cc4N4CCCOc5nc6[nH]ccc6cc54)cc([N+](=O)[O-])c3N2)CC1. The van der Waals surface area contributed by atoms with E-state index in [-0.39, 0.29) is 27.6 Å². The van der Waals surface area contributed by atoms with Gasteiger partial charge < -0.3 is 29.7 Å². The van der Waals surface area contributed by atoms with E-state index < -0.39 is 20.9 Å². The highest BCUT2D eigenvalue weighted by Crippen LogP contribution is 2.44. The topological polar surface area (TPSA) is 173 Å². The molecule has 5 aliphatic rings. The number of pyridine rings is 1. The van der Waals surface area contributed by atoms with Gasteiger partial charge in [0.15, 0.2) is 0 Å². The summed E-state index contributed by atoms with van der Waals surface area (Å²) in [5, 5.41) is 17.3. The first-order valence-corrected chi connectivity index (χ1v) is 25.5. The number of nitro groups is 1. The Bertz CT molecular complexity index is 2890. The lowest BCUT2D eigenvalue weighted by molar-refractivity contribution is -0.384. The van der Waals surface area contributed by atoms with Crippen LogP contribution in [0.4, 0.5) is 28.4 Å². The fourth-order valence-corrected chi connectivity index (χ4v) is 11.7. The highest BCUT2D eigenvalue weighted by Gasteiger charge is 2.35. The number of halogens is 1. The number of hydrogen-bond acceptors (Lipinski definition) is 13. The standard InChI is InChI=1S/C50H59ClN10O6S/c1-50(2)13-11-35(42(30-50)33-5-7-37(51)8-6-33)31-57-20-22-59(23-21-57)39-9-10-41(43(28-39)60-15-4-24-67-49-45(60)27-34-12-14-52-47(34)54-49)48(62)55-68(65,66)40-26-36-25-38(32-58-18-16-56(3)17-19-58)53-46(36)44(29-40)61(63)64/h5-10,12,14,26-29,38,53H,4,11,13,15-25,30-32H2,1-3H3,(H,52,54)(H,55,62). The molecule has 0 spiro atoms. The van der Waals surface area contributed by atoms with Gasteiger partial charge in [-0.05, 0) is 110 Å². The summed E-state index contributed by atoms with van der Waals surface area (Å²) >= 11 is 6.28. The Kier molecular flexibility index (Phi) is 12.6. The van der Waals surface area contributed by atoms with E-state index in [2.05, 4.69) is 67.7 Å². The number of nitro benzene ring substituents is 1. The molecule has 5 aromatic rings. The molecule has 6 heterocycles. The number of aromatic amines is 1. The molecule has 2 saturated heterocycles. The third kappa shape index (κ3) is 9.63. The number of nitrogens with zero attached hydrogens (tertiary/aromatic N) is 7. The van der Waals surface area contributed by atoms with Crippen LogP contribution in [-0.2, 0) is 16.4 Å². The minimum atomic E-state index is -4.58. The Morgan fingerprint density at radius 3 is 2.49 bits per heavy atom. The first kappa shape index (κ1) is 46.0. The van der Waals surface area contributed by atoms with Gasteiger partial charge in [-0.25, -0.2) is 13.1 Å². The Labute approximate surface area is 402 Å². The van der Waals surface area contributed by atoms with Crippen LogP contribution in [0.2, 0.25) is 5.02 Å². The fraction of sp³-hybridized carbons (Fsp3) is 0.440. The number of rotatable bonds is 11. The number of ether oxygens (including phenoxy) is 1. The van der Waals surface area contributed by atoms with Crippen molar-refractivity contribution in [1.29, 1.82) is 0 Å². The van der Waals surface area contributed by atoms with Gasteiger partial charge in [0, 0.05) is 106 Å². The monoisotopic (exact) mass is 962 g/mol. The van der Waals surface area contributed by atoms with E-state index in [1.165, 1.54) is 22.8 Å². The molecule has 1 atom stereocenters. The maximum atomic E-state index is 14.6.